The highest BCUT2D eigenvalue weighted by Crippen LogP contribution is 2.16. The summed E-state index contributed by atoms with van der Waals surface area (Å²) in [6.07, 6.45) is 4.32. The first-order chi connectivity index (χ1) is 9.70. The molecule has 6 heteroatoms. The number of carbonyl (C=O) groups excluding carboxylic acids is 1. The Morgan fingerprint density at radius 3 is 2.65 bits per heavy atom. The molecule has 1 heterocycles. The molecule has 5 nitrogen and oxygen atoms in total. The second kappa shape index (κ2) is 6.42. The van der Waals surface area contributed by atoms with Crippen molar-refractivity contribution in [2.24, 2.45) is 0 Å². The molecule has 20 heavy (non-hydrogen) atoms. The highest BCUT2D eigenvalue weighted by molar-refractivity contribution is 5.93. The molecule has 1 aromatic carbocycles. The maximum atomic E-state index is 13.4. The number of rotatable bonds is 5. The van der Waals surface area contributed by atoms with Gasteiger partial charge in [0.1, 0.15) is 5.82 Å². The van der Waals surface area contributed by atoms with Gasteiger partial charge < -0.3 is 10.6 Å². The van der Waals surface area contributed by atoms with Crippen LogP contribution >= 0.6 is 0 Å². The first-order valence-electron chi connectivity index (χ1n) is 5.93. The highest BCUT2D eigenvalue weighted by atomic mass is 19.1. The molecule has 2 N–H and O–H groups in total. The molecule has 1 amide bonds. The maximum absolute atomic E-state index is 13.4. The lowest BCUT2D eigenvalue weighted by Crippen LogP contribution is -2.23. The van der Waals surface area contributed by atoms with Crippen LogP contribution in [0.1, 0.15) is 10.4 Å². The Morgan fingerprint density at radius 1 is 1.30 bits per heavy atom. The van der Waals surface area contributed by atoms with Gasteiger partial charge in [-0.15, -0.1) is 6.58 Å². The normalized spacial score (nSPS) is 9.85. The minimum atomic E-state index is -0.399. The van der Waals surface area contributed by atoms with Crippen molar-refractivity contribution in [3.8, 4) is 0 Å². The molecule has 0 aliphatic rings. The van der Waals surface area contributed by atoms with Crippen LogP contribution in [0.5, 0.6) is 0 Å². The van der Waals surface area contributed by atoms with Crippen molar-refractivity contribution >= 4 is 17.5 Å². The molecule has 0 bridgehead atoms. The van der Waals surface area contributed by atoms with Crippen LogP contribution in [-0.2, 0) is 0 Å². The molecule has 0 atom stereocenters. The van der Waals surface area contributed by atoms with Crippen molar-refractivity contribution in [2.75, 3.05) is 11.9 Å². The summed E-state index contributed by atoms with van der Waals surface area (Å²) < 4.78 is 13.4. The predicted molar refractivity (Wildman–Crippen MR) is 74.2 cm³/mol. The SMILES string of the molecule is C=CCNC(=O)c1cnc(Nc2ccccc2F)nc1. The Kier molecular flexibility index (Phi) is 4.39. The maximum Gasteiger partial charge on any atom is 0.254 e. The lowest BCUT2D eigenvalue weighted by Gasteiger charge is -2.06. The molecular formula is C14H13FN4O. The number of para-hydroxylation sites is 1. The molecule has 0 radical (unpaired) electrons. The third kappa shape index (κ3) is 3.38. The third-order valence-corrected chi connectivity index (χ3v) is 2.44. The number of anilines is 2. The lowest BCUT2D eigenvalue weighted by atomic mass is 10.3. The number of aromatic nitrogens is 2. The van der Waals surface area contributed by atoms with Crippen molar-refractivity contribution in [3.05, 3.63) is 60.7 Å². The van der Waals surface area contributed by atoms with Crippen LogP contribution in [0.4, 0.5) is 16.0 Å². The van der Waals surface area contributed by atoms with E-state index in [1.165, 1.54) is 18.5 Å². The summed E-state index contributed by atoms with van der Waals surface area (Å²) in [5.41, 5.74) is 0.599. The van der Waals surface area contributed by atoms with E-state index < -0.39 is 5.82 Å². The average Bonchev–Trinajstić information content (AvgIpc) is 2.48. The number of benzene rings is 1. The van der Waals surface area contributed by atoms with Crippen LogP contribution in [0.3, 0.4) is 0 Å². The van der Waals surface area contributed by atoms with E-state index in [0.29, 0.717) is 12.1 Å². The number of hydrogen-bond acceptors (Lipinski definition) is 4. The Labute approximate surface area is 115 Å². The summed E-state index contributed by atoms with van der Waals surface area (Å²) in [5, 5.41) is 5.35. The van der Waals surface area contributed by atoms with Gasteiger partial charge in [-0.05, 0) is 12.1 Å². The zero-order valence-electron chi connectivity index (χ0n) is 10.6. The van der Waals surface area contributed by atoms with Gasteiger partial charge >= 0.3 is 0 Å². The van der Waals surface area contributed by atoms with Crippen LogP contribution in [0.25, 0.3) is 0 Å². The summed E-state index contributed by atoms with van der Waals surface area (Å²) in [5.74, 6) is -0.471. The molecule has 0 saturated heterocycles. The summed E-state index contributed by atoms with van der Waals surface area (Å²) in [6, 6.07) is 6.19. The zero-order chi connectivity index (χ0) is 14.4. The number of amides is 1. The first kappa shape index (κ1) is 13.7. The van der Waals surface area contributed by atoms with Gasteiger partial charge in [0.2, 0.25) is 5.95 Å². The molecule has 1 aromatic heterocycles. The molecule has 0 aliphatic heterocycles. The highest BCUT2D eigenvalue weighted by Gasteiger charge is 2.07. The quantitative estimate of drug-likeness (QED) is 0.819. The number of nitrogens with zero attached hydrogens (tertiary/aromatic N) is 2. The second-order valence-electron chi connectivity index (χ2n) is 3.90. The van der Waals surface area contributed by atoms with Gasteiger partial charge in [-0.25, -0.2) is 14.4 Å². The van der Waals surface area contributed by atoms with Gasteiger partial charge in [-0.3, -0.25) is 4.79 Å². The molecule has 2 rings (SSSR count). The van der Waals surface area contributed by atoms with Crippen LogP contribution in [0, 0.1) is 5.82 Å². The van der Waals surface area contributed by atoms with Crippen LogP contribution in [-0.4, -0.2) is 22.4 Å². The molecule has 0 saturated carbocycles. The van der Waals surface area contributed by atoms with Crippen molar-refractivity contribution in [1.82, 2.24) is 15.3 Å². The minimum absolute atomic E-state index is 0.218. The van der Waals surface area contributed by atoms with E-state index in [4.69, 9.17) is 0 Å². The zero-order valence-corrected chi connectivity index (χ0v) is 10.6. The standard InChI is InChI=1S/C14H13FN4O/c1-2-7-16-13(20)10-8-17-14(18-9-10)19-12-6-4-3-5-11(12)15/h2-6,8-9H,1,7H2,(H,16,20)(H,17,18,19). The number of halogens is 1. The van der Waals surface area contributed by atoms with Crippen molar-refractivity contribution in [1.29, 1.82) is 0 Å². The minimum Gasteiger partial charge on any atom is -0.348 e. The Balaban J connectivity index is 2.07. The summed E-state index contributed by atoms with van der Waals surface area (Å²) in [7, 11) is 0. The monoisotopic (exact) mass is 272 g/mol. The molecule has 102 valence electrons. The molecule has 0 fully saturated rings. The van der Waals surface area contributed by atoms with E-state index in [2.05, 4.69) is 27.2 Å². The summed E-state index contributed by atoms with van der Waals surface area (Å²) >= 11 is 0. The van der Waals surface area contributed by atoms with Crippen LogP contribution in [0.15, 0.2) is 49.3 Å². The lowest BCUT2D eigenvalue weighted by molar-refractivity contribution is 0.0957. The molecule has 2 aromatic rings. The Morgan fingerprint density at radius 2 is 2.00 bits per heavy atom. The summed E-state index contributed by atoms with van der Waals surface area (Å²) in [6.45, 7) is 3.87. The van der Waals surface area contributed by atoms with Gasteiger partial charge in [0.25, 0.3) is 5.91 Å². The smallest absolute Gasteiger partial charge is 0.254 e. The van der Waals surface area contributed by atoms with Crippen LogP contribution < -0.4 is 10.6 Å². The topological polar surface area (TPSA) is 66.9 Å². The number of carbonyl (C=O) groups is 1. The van der Waals surface area contributed by atoms with Gasteiger partial charge in [-0.1, -0.05) is 18.2 Å². The predicted octanol–water partition coefficient (Wildman–Crippen LogP) is 2.28. The fraction of sp³-hybridized carbons (Fsp3) is 0.0714. The van der Waals surface area contributed by atoms with E-state index in [0.717, 1.165) is 0 Å². The van der Waals surface area contributed by atoms with Crippen molar-refractivity contribution in [3.63, 3.8) is 0 Å². The molecule has 0 spiro atoms. The molecule has 0 unspecified atom stereocenters. The van der Waals surface area contributed by atoms with E-state index in [1.54, 1.807) is 24.3 Å². The van der Waals surface area contributed by atoms with Gasteiger partial charge in [0.15, 0.2) is 0 Å². The molecular weight excluding hydrogens is 259 g/mol. The van der Waals surface area contributed by atoms with E-state index in [-0.39, 0.29) is 17.5 Å². The number of nitrogens with one attached hydrogen (secondary N) is 2. The van der Waals surface area contributed by atoms with E-state index in [1.807, 2.05) is 0 Å². The van der Waals surface area contributed by atoms with Gasteiger partial charge in [-0.2, -0.15) is 0 Å². The van der Waals surface area contributed by atoms with Crippen molar-refractivity contribution in [2.45, 2.75) is 0 Å². The Hall–Kier alpha value is -2.76. The van der Waals surface area contributed by atoms with E-state index >= 15 is 0 Å². The average molecular weight is 272 g/mol. The largest absolute Gasteiger partial charge is 0.348 e. The van der Waals surface area contributed by atoms with Gasteiger partial charge in [0.05, 0.1) is 11.3 Å². The van der Waals surface area contributed by atoms with Crippen molar-refractivity contribution < 1.29 is 9.18 Å². The Bertz CT molecular complexity index is 613. The molecule has 0 aliphatic carbocycles. The fourth-order valence-electron chi connectivity index (χ4n) is 1.46. The summed E-state index contributed by atoms with van der Waals surface area (Å²) in [4.78, 5) is 19.5. The third-order valence-electron chi connectivity index (χ3n) is 2.44. The first-order valence-corrected chi connectivity index (χ1v) is 5.93. The fourth-order valence-corrected chi connectivity index (χ4v) is 1.46. The second-order valence-corrected chi connectivity index (χ2v) is 3.90. The van der Waals surface area contributed by atoms with E-state index in [9.17, 15) is 9.18 Å². The number of hydrogen-bond donors (Lipinski definition) is 2. The van der Waals surface area contributed by atoms with Crippen LogP contribution in [0.2, 0.25) is 0 Å². The van der Waals surface area contributed by atoms with Gasteiger partial charge in [0, 0.05) is 18.9 Å².